The van der Waals surface area contributed by atoms with Gasteiger partial charge in [0.1, 0.15) is 5.82 Å². The fourth-order valence-electron chi connectivity index (χ4n) is 3.37. The van der Waals surface area contributed by atoms with E-state index in [9.17, 15) is 4.79 Å². The Balaban J connectivity index is 1.74. The van der Waals surface area contributed by atoms with Crippen molar-refractivity contribution in [3.8, 4) is 0 Å². The molecule has 0 fully saturated rings. The molecule has 5 nitrogen and oxygen atoms in total. The number of hydrogen-bond donors (Lipinski definition) is 0. The fraction of sp³-hybridized carbons (Fsp3) is 0.556. The lowest BCUT2D eigenvalue weighted by molar-refractivity contribution is -0.131. The Kier molecular flexibility index (Phi) is 5.68. The van der Waals surface area contributed by atoms with Crippen LogP contribution < -0.4 is 0 Å². The first-order valence-electron chi connectivity index (χ1n) is 8.72. The van der Waals surface area contributed by atoms with E-state index < -0.39 is 0 Å². The van der Waals surface area contributed by atoms with E-state index in [1.54, 1.807) is 11.3 Å². The molecule has 1 aliphatic rings. The molecular weight excluding hydrogens is 320 g/mol. The molecule has 6 heteroatoms. The molecule has 1 atom stereocenters. The van der Waals surface area contributed by atoms with Gasteiger partial charge < -0.3 is 14.4 Å². The second-order valence-electron chi connectivity index (χ2n) is 6.38. The normalized spacial score (nSPS) is 17.8. The van der Waals surface area contributed by atoms with Gasteiger partial charge in [-0.2, -0.15) is 0 Å². The fourth-order valence-corrected chi connectivity index (χ4v) is 4.06. The maximum atomic E-state index is 12.8. The second-order valence-corrected chi connectivity index (χ2v) is 7.41. The molecule has 2 aromatic heterocycles. The van der Waals surface area contributed by atoms with Gasteiger partial charge in [-0.15, -0.1) is 11.3 Å². The van der Waals surface area contributed by atoms with Crippen LogP contribution in [0.15, 0.2) is 29.9 Å². The Morgan fingerprint density at radius 1 is 1.38 bits per heavy atom. The van der Waals surface area contributed by atoms with Crippen molar-refractivity contribution in [2.24, 2.45) is 5.92 Å². The van der Waals surface area contributed by atoms with E-state index in [4.69, 9.17) is 0 Å². The molecule has 0 bridgehead atoms. The van der Waals surface area contributed by atoms with Crippen molar-refractivity contribution in [1.29, 1.82) is 0 Å². The molecular formula is C18H26N4OS. The molecule has 24 heavy (non-hydrogen) atoms. The third kappa shape index (κ3) is 4.05. The average Bonchev–Trinajstić information content (AvgIpc) is 3.21. The van der Waals surface area contributed by atoms with E-state index in [2.05, 4.69) is 28.3 Å². The quantitative estimate of drug-likeness (QED) is 0.807. The molecule has 0 N–H and O–H groups in total. The first-order valence-corrected chi connectivity index (χ1v) is 9.60. The summed E-state index contributed by atoms with van der Waals surface area (Å²) >= 11 is 1.65. The smallest absolute Gasteiger partial charge is 0.228 e. The molecule has 3 rings (SSSR count). The molecule has 1 aliphatic heterocycles. The van der Waals surface area contributed by atoms with Crippen LogP contribution in [-0.4, -0.2) is 51.4 Å². The zero-order chi connectivity index (χ0) is 16.9. The number of thiophene rings is 1. The molecule has 2 aromatic rings. The Bertz CT molecular complexity index is 648. The monoisotopic (exact) mass is 346 g/mol. The van der Waals surface area contributed by atoms with Crippen molar-refractivity contribution < 1.29 is 4.79 Å². The molecule has 130 valence electrons. The van der Waals surface area contributed by atoms with Gasteiger partial charge in [0.05, 0.1) is 13.0 Å². The highest BCUT2D eigenvalue weighted by atomic mass is 32.1. The number of rotatable bonds is 6. The molecule has 1 amide bonds. The summed E-state index contributed by atoms with van der Waals surface area (Å²) in [5.41, 5.74) is 0. The number of amides is 1. The summed E-state index contributed by atoms with van der Waals surface area (Å²) in [5.74, 6) is 1.64. The summed E-state index contributed by atoms with van der Waals surface area (Å²) in [5, 5.41) is 2.03. The third-order valence-electron chi connectivity index (χ3n) is 4.74. The van der Waals surface area contributed by atoms with Gasteiger partial charge in [-0.3, -0.25) is 4.79 Å². The van der Waals surface area contributed by atoms with Crippen molar-refractivity contribution in [3.05, 3.63) is 40.6 Å². The van der Waals surface area contributed by atoms with Crippen LogP contribution >= 0.6 is 11.3 Å². The summed E-state index contributed by atoms with van der Waals surface area (Å²) in [6.45, 7) is 9.88. The lowest BCUT2D eigenvalue weighted by Crippen LogP contribution is -2.39. The molecule has 3 heterocycles. The van der Waals surface area contributed by atoms with Crippen molar-refractivity contribution in [1.82, 2.24) is 19.4 Å². The maximum Gasteiger partial charge on any atom is 0.228 e. The van der Waals surface area contributed by atoms with Crippen LogP contribution in [0.2, 0.25) is 0 Å². The topological polar surface area (TPSA) is 41.4 Å². The first-order chi connectivity index (χ1) is 11.7. The Morgan fingerprint density at radius 3 is 2.92 bits per heavy atom. The zero-order valence-corrected chi connectivity index (χ0v) is 15.3. The minimum atomic E-state index is 0.207. The molecule has 0 spiro atoms. The van der Waals surface area contributed by atoms with Crippen molar-refractivity contribution in [2.75, 3.05) is 26.2 Å². The Labute approximate surface area is 147 Å². The lowest BCUT2D eigenvalue weighted by Gasteiger charge is -2.28. The van der Waals surface area contributed by atoms with E-state index >= 15 is 0 Å². The summed E-state index contributed by atoms with van der Waals surface area (Å²) in [7, 11) is 0. The van der Waals surface area contributed by atoms with E-state index in [1.165, 1.54) is 0 Å². The van der Waals surface area contributed by atoms with Gasteiger partial charge in [0.15, 0.2) is 0 Å². The van der Waals surface area contributed by atoms with Crippen LogP contribution in [0.1, 0.15) is 24.5 Å². The highest BCUT2D eigenvalue weighted by Crippen LogP contribution is 2.19. The number of aromatic nitrogens is 2. The van der Waals surface area contributed by atoms with Crippen molar-refractivity contribution in [2.45, 2.75) is 33.4 Å². The van der Waals surface area contributed by atoms with Gasteiger partial charge in [0, 0.05) is 42.8 Å². The van der Waals surface area contributed by atoms with Crippen LogP contribution in [0.4, 0.5) is 0 Å². The number of carbonyl (C=O) groups is 1. The average molecular weight is 347 g/mol. The van der Waals surface area contributed by atoms with Crippen LogP contribution in [0.25, 0.3) is 0 Å². The summed E-state index contributed by atoms with van der Waals surface area (Å²) < 4.78 is 2.21. The van der Waals surface area contributed by atoms with E-state index in [0.717, 1.165) is 43.4 Å². The van der Waals surface area contributed by atoms with Crippen LogP contribution in [0.5, 0.6) is 0 Å². The molecule has 0 aromatic carbocycles. The van der Waals surface area contributed by atoms with E-state index in [1.807, 2.05) is 34.8 Å². The van der Waals surface area contributed by atoms with Gasteiger partial charge in [-0.1, -0.05) is 19.9 Å². The number of imidazole rings is 1. The standard InChI is InChI=1S/C18H26N4OS/c1-3-20(4-2)11-15-12-21-8-7-19-17(21)14-22(13-15)18(23)10-16-6-5-9-24-16/h5-9,15H,3-4,10-14H2,1-2H3/t15-/m1/s1. The molecule has 0 aliphatic carbocycles. The first kappa shape index (κ1) is 17.2. The minimum absolute atomic E-state index is 0.207. The van der Waals surface area contributed by atoms with E-state index in [-0.39, 0.29) is 5.91 Å². The number of fused-ring (bicyclic) bond motifs is 1. The predicted molar refractivity (Wildman–Crippen MR) is 96.9 cm³/mol. The zero-order valence-electron chi connectivity index (χ0n) is 14.5. The van der Waals surface area contributed by atoms with Gasteiger partial charge in [0.25, 0.3) is 0 Å². The van der Waals surface area contributed by atoms with Gasteiger partial charge in [-0.25, -0.2) is 4.98 Å². The number of carbonyl (C=O) groups excluding carboxylic acids is 1. The molecule has 0 radical (unpaired) electrons. The lowest BCUT2D eigenvalue weighted by atomic mass is 10.1. The minimum Gasteiger partial charge on any atom is -0.335 e. The van der Waals surface area contributed by atoms with Gasteiger partial charge in [0.2, 0.25) is 5.91 Å². The van der Waals surface area contributed by atoms with E-state index in [0.29, 0.717) is 18.9 Å². The number of nitrogens with zero attached hydrogens (tertiary/aromatic N) is 4. The summed E-state index contributed by atoms with van der Waals surface area (Å²) in [6, 6.07) is 4.04. The van der Waals surface area contributed by atoms with Crippen LogP contribution in [0.3, 0.4) is 0 Å². The summed E-state index contributed by atoms with van der Waals surface area (Å²) in [4.78, 5) is 22.8. The highest BCUT2D eigenvalue weighted by molar-refractivity contribution is 7.10. The Morgan fingerprint density at radius 2 is 2.21 bits per heavy atom. The van der Waals surface area contributed by atoms with Gasteiger partial charge >= 0.3 is 0 Å². The predicted octanol–water partition coefficient (Wildman–Crippen LogP) is 2.49. The highest BCUT2D eigenvalue weighted by Gasteiger charge is 2.26. The Hall–Kier alpha value is -1.66. The van der Waals surface area contributed by atoms with Gasteiger partial charge in [-0.05, 0) is 24.5 Å². The largest absolute Gasteiger partial charge is 0.335 e. The molecule has 0 unspecified atom stereocenters. The summed E-state index contributed by atoms with van der Waals surface area (Å²) in [6.07, 6.45) is 4.38. The third-order valence-corrected chi connectivity index (χ3v) is 5.61. The SMILES string of the molecule is CCN(CC)C[C@H]1CN(C(=O)Cc2cccs2)Cc2nccn2C1. The molecule has 0 saturated heterocycles. The second kappa shape index (κ2) is 7.94. The van der Waals surface area contributed by atoms with Crippen molar-refractivity contribution >= 4 is 17.2 Å². The van der Waals surface area contributed by atoms with Crippen LogP contribution in [0, 0.1) is 5.92 Å². The number of hydrogen-bond acceptors (Lipinski definition) is 4. The maximum absolute atomic E-state index is 12.8. The van der Waals surface area contributed by atoms with Crippen molar-refractivity contribution in [3.63, 3.8) is 0 Å². The van der Waals surface area contributed by atoms with Crippen LogP contribution in [-0.2, 0) is 24.3 Å². The molecule has 0 saturated carbocycles.